The summed E-state index contributed by atoms with van der Waals surface area (Å²) in [6.07, 6.45) is 0.906. The molecule has 0 amide bonds. The topological polar surface area (TPSA) is 140 Å². The molecule has 0 heterocycles. The van der Waals surface area contributed by atoms with Gasteiger partial charge in [-0.2, -0.15) is 0 Å². The summed E-state index contributed by atoms with van der Waals surface area (Å²) < 4.78 is 66.4. The molecule has 0 aliphatic carbocycles. The molecule has 0 fully saturated rings. The van der Waals surface area contributed by atoms with E-state index in [0.29, 0.717) is 10.8 Å². The van der Waals surface area contributed by atoms with E-state index >= 15 is 0 Å². The SMILES string of the molecule is CC(C)(C)[N+]([O-])=Cc1cc(S(=O)(=O)[O-])cc(S(=O)(=O)[O-])c1.[Na+].[Na+]. The monoisotopic (exact) mass is 381 g/mol. The third-order valence-electron chi connectivity index (χ3n) is 2.41. The van der Waals surface area contributed by atoms with E-state index in [-0.39, 0.29) is 64.7 Å². The summed E-state index contributed by atoms with van der Waals surface area (Å²) in [6.45, 7) is 4.70. The molecule has 0 unspecified atom stereocenters. The second kappa shape index (κ2) is 8.75. The molecule has 8 nitrogen and oxygen atoms in total. The minimum atomic E-state index is -4.97. The van der Waals surface area contributed by atoms with Gasteiger partial charge >= 0.3 is 59.1 Å². The van der Waals surface area contributed by atoms with E-state index in [9.17, 15) is 31.1 Å². The molecule has 118 valence electrons. The zero-order valence-corrected chi connectivity index (χ0v) is 19.1. The van der Waals surface area contributed by atoms with E-state index in [4.69, 9.17) is 0 Å². The van der Waals surface area contributed by atoms with Crippen molar-refractivity contribution in [2.45, 2.75) is 36.1 Å². The summed E-state index contributed by atoms with van der Waals surface area (Å²) in [5.74, 6) is 0. The van der Waals surface area contributed by atoms with Crippen molar-refractivity contribution in [2.24, 2.45) is 0 Å². The fourth-order valence-electron chi connectivity index (χ4n) is 1.29. The van der Waals surface area contributed by atoms with Gasteiger partial charge in [-0.3, -0.25) is 0 Å². The first-order chi connectivity index (χ1) is 9.21. The van der Waals surface area contributed by atoms with Crippen LogP contribution in [0.25, 0.3) is 0 Å². The number of rotatable bonds is 3. The maximum atomic E-state index is 11.8. The van der Waals surface area contributed by atoms with Crippen molar-refractivity contribution < 1.29 is 89.8 Å². The summed E-state index contributed by atoms with van der Waals surface area (Å²) in [5.41, 5.74) is -1.05. The number of hydrogen-bond donors (Lipinski definition) is 0. The van der Waals surface area contributed by atoms with Crippen molar-refractivity contribution in [3.8, 4) is 0 Å². The van der Waals surface area contributed by atoms with Crippen LogP contribution in [-0.4, -0.2) is 42.4 Å². The first kappa shape index (κ1) is 25.7. The number of benzene rings is 1. The average molecular weight is 381 g/mol. The van der Waals surface area contributed by atoms with E-state index < -0.39 is 35.6 Å². The smallest absolute Gasteiger partial charge is 0.744 e. The van der Waals surface area contributed by atoms with E-state index in [2.05, 4.69) is 0 Å². The molecule has 0 aliphatic rings. The zero-order valence-electron chi connectivity index (χ0n) is 13.4. The molecule has 12 heteroatoms. The van der Waals surface area contributed by atoms with Crippen LogP contribution in [-0.2, 0) is 20.2 Å². The molecule has 1 rings (SSSR count). The van der Waals surface area contributed by atoms with Crippen LogP contribution in [0.3, 0.4) is 0 Å². The van der Waals surface area contributed by atoms with Crippen LogP contribution in [0, 0.1) is 5.21 Å². The molecular weight excluding hydrogens is 368 g/mol. The Balaban J connectivity index is 0. The first-order valence-electron chi connectivity index (χ1n) is 5.59. The molecule has 23 heavy (non-hydrogen) atoms. The van der Waals surface area contributed by atoms with Gasteiger partial charge in [0.25, 0.3) is 0 Å². The normalized spacial score (nSPS) is 13.0. The van der Waals surface area contributed by atoms with Gasteiger partial charge in [-0.05, 0) is 18.2 Å². The van der Waals surface area contributed by atoms with Gasteiger partial charge in [0.2, 0.25) is 0 Å². The Morgan fingerprint density at radius 2 is 1.26 bits per heavy atom. The van der Waals surface area contributed by atoms with Gasteiger partial charge in [-0.1, -0.05) is 0 Å². The van der Waals surface area contributed by atoms with Crippen LogP contribution < -0.4 is 59.1 Å². The Bertz CT molecular complexity index is 746. The number of hydroxylamine groups is 1. The quantitative estimate of drug-likeness (QED) is 0.127. The van der Waals surface area contributed by atoms with Crippen LogP contribution in [0.2, 0.25) is 0 Å². The van der Waals surface area contributed by atoms with E-state index in [1.165, 1.54) is 0 Å². The minimum absolute atomic E-state index is 0. The Morgan fingerprint density at radius 3 is 1.52 bits per heavy atom. The van der Waals surface area contributed by atoms with Gasteiger partial charge < -0.3 is 14.3 Å². The van der Waals surface area contributed by atoms with Crippen molar-refractivity contribution >= 4 is 26.5 Å². The minimum Gasteiger partial charge on any atom is -0.744 e. The molecule has 0 atom stereocenters. The molecule has 0 N–H and O–H groups in total. The third-order valence-corrected chi connectivity index (χ3v) is 4.03. The molecule has 0 aliphatic heterocycles. The van der Waals surface area contributed by atoms with Crippen molar-refractivity contribution in [1.82, 2.24) is 0 Å². The molecule has 0 radical (unpaired) electrons. The van der Waals surface area contributed by atoms with Crippen molar-refractivity contribution in [3.05, 3.63) is 29.0 Å². The average Bonchev–Trinajstić information content (AvgIpc) is 2.24. The second-order valence-electron chi connectivity index (χ2n) is 5.27. The number of hydrogen-bond acceptors (Lipinski definition) is 7. The predicted molar refractivity (Wildman–Crippen MR) is 70.9 cm³/mol. The molecule has 0 spiro atoms. The fraction of sp³-hybridized carbons (Fsp3) is 0.364. The molecule has 1 aromatic rings. The van der Waals surface area contributed by atoms with E-state index in [1.54, 1.807) is 20.8 Å². The first-order valence-corrected chi connectivity index (χ1v) is 8.41. The molecule has 0 bridgehead atoms. The third kappa shape index (κ3) is 7.95. The summed E-state index contributed by atoms with van der Waals surface area (Å²) >= 11 is 0. The summed E-state index contributed by atoms with van der Waals surface area (Å²) in [4.78, 5) is -1.79. The summed E-state index contributed by atoms with van der Waals surface area (Å²) in [7, 11) is -9.95. The maximum Gasteiger partial charge on any atom is 1.00 e. The van der Waals surface area contributed by atoms with Crippen LogP contribution in [0.1, 0.15) is 26.3 Å². The molecule has 0 saturated heterocycles. The van der Waals surface area contributed by atoms with Crippen molar-refractivity contribution in [3.63, 3.8) is 0 Å². The van der Waals surface area contributed by atoms with Gasteiger partial charge in [0.1, 0.15) is 20.2 Å². The zero-order chi connectivity index (χ0) is 16.6. The molecule has 0 aromatic heterocycles. The van der Waals surface area contributed by atoms with Gasteiger partial charge in [0, 0.05) is 26.3 Å². The Morgan fingerprint density at radius 1 is 0.913 bits per heavy atom. The van der Waals surface area contributed by atoms with Crippen LogP contribution >= 0.6 is 0 Å². The second-order valence-corrected chi connectivity index (χ2v) is 8.03. The van der Waals surface area contributed by atoms with E-state index in [1.807, 2.05) is 0 Å². The van der Waals surface area contributed by atoms with Gasteiger partial charge in [0.05, 0.1) is 9.79 Å². The maximum absolute atomic E-state index is 11.8. The van der Waals surface area contributed by atoms with E-state index in [0.717, 1.165) is 18.3 Å². The largest absolute Gasteiger partial charge is 1.00 e. The van der Waals surface area contributed by atoms with Crippen LogP contribution in [0.5, 0.6) is 0 Å². The summed E-state index contributed by atoms with van der Waals surface area (Å²) in [6, 6.07) is 2.12. The Kier molecular flexibility index (Phi) is 9.79. The van der Waals surface area contributed by atoms with Gasteiger partial charge in [-0.25, -0.2) is 21.6 Å². The molecular formula is C11H13NNa2O7S2. The van der Waals surface area contributed by atoms with Crippen molar-refractivity contribution in [1.29, 1.82) is 0 Å². The molecule has 0 saturated carbocycles. The van der Waals surface area contributed by atoms with Gasteiger partial charge in [-0.15, -0.1) is 0 Å². The number of nitrogens with zero attached hydrogens (tertiary/aromatic N) is 1. The Hall–Kier alpha value is 0.510. The fourth-order valence-corrected chi connectivity index (χ4v) is 2.46. The Labute approximate surface area is 179 Å². The van der Waals surface area contributed by atoms with Gasteiger partial charge in [0.15, 0.2) is 11.8 Å². The van der Waals surface area contributed by atoms with Crippen LogP contribution in [0.4, 0.5) is 0 Å². The van der Waals surface area contributed by atoms with Crippen LogP contribution in [0.15, 0.2) is 28.0 Å². The molecule has 1 aromatic carbocycles. The predicted octanol–water partition coefficient (Wildman–Crippen LogP) is -5.77. The van der Waals surface area contributed by atoms with Crippen molar-refractivity contribution in [2.75, 3.05) is 0 Å². The standard InChI is InChI=1S/C11H15NO7S2.2Na/c1-11(2,3)12(13)7-8-4-9(20(14,15)16)6-10(5-8)21(17,18)19;;/h4-7H,1-3H3,(H,14,15,16)(H,17,18,19);;/q;2*+1/p-2. The summed E-state index contributed by atoms with van der Waals surface area (Å²) in [5, 5.41) is 11.8.